The van der Waals surface area contributed by atoms with Crippen LogP contribution in [0.3, 0.4) is 0 Å². The number of hydrogen-bond acceptors (Lipinski definition) is 4. The number of amides is 2. The molecule has 0 spiro atoms. The Morgan fingerprint density at radius 3 is 2.52 bits per heavy atom. The van der Waals surface area contributed by atoms with E-state index in [1.54, 1.807) is 12.1 Å². The van der Waals surface area contributed by atoms with Gasteiger partial charge in [0.25, 0.3) is 0 Å². The van der Waals surface area contributed by atoms with Gasteiger partial charge in [0, 0.05) is 35.6 Å². The van der Waals surface area contributed by atoms with Gasteiger partial charge in [-0.15, -0.1) is 11.6 Å². The Kier molecular flexibility index (Phi) is 5.69. The number of nitrogens with zero attached hydrogens (tertiary/aromatic N) is 1. The highest BCUT2D eigenvalue weighted by molar-refractivity contribution is 6.27. The zero-order valence-corrected chi connectivity index (χ0v) is 17.9. The quantitative estimate of drug-likeness (QED) is 0.481. The molecular formula is C23H22ClN3O4. The molecule has 2 aromatic carbocycles. The largest absolute Gasteiger partial charge is 0.467 e. The van der Waals surface area contributed by atoms with E-state index in [9.17, 15) is 14.4 Å². The molecule has 7 nitrogen and oxygen atoms in total. The first kappa shape index (κ1) is 20.9. The van der Waals surface area contributed by atoms with Crippen molar-refractivity contribution in [2.75, 3.05) is 18.3 Å². The fourth-order valence-corrected chi connectivity index (χ4v) is 4.42. The molecule has 1 aliphatic rings. The smallest absolute Gasteiger partial charge is 0.328 e. The second-order valence-corrected chi connectivity index (χ2v) is 7.71. The van der Waals surface area contributed by atoms with Crippen LogP contribution in [-0.4, -0.2) is 46.7 Å². The molecular weight excluding hydrogens is 418 g/mol. The van der Waals surface area contributed by atoms with Crippen LogP contribution >= 0.6 is 11.6 Å². The number of halogens is 1. The normalized spacial score (nSPS) is 17.8. The number of ether oxygens (including phenoxy) is 1. The first-order valence-corrected chi connectivity index (χ1v) is 10.4. The third-order valence-corrected chi connectivity index (χ3v) is 5.78. The summed E-state index contributed by atoms with van der Waals surface area (Å²) in [5, 5.41) is 3.74. The zero-order valence-electron chi connectivity index (χ0n) is 17.1. The number of fused-ring (bicyclic) bond motifs is 3. The van der Waals surface area contributed by atoms with Crippen LogP contribution in [0.4, 0.5) is 5.69 Å². The molecule has 0 aliphatic carbocycles. The number of alkyl halides is 1. The molecule has 4 rings (SSSR count). The van der Waals surface area contributed by atoms with Crippen LogP contribution in [0.15, 0.2) is 48.5 Å². The molecule has 0 saturated heterocycles. The number of rotatable bonds is 4. The lowest BCUT2D eigenvalue weighted by molar-refractivity contribution is -0.154. The van der Waals surface area contributed by atoms with Gasteiger partial charge < -0.3 is 19.9 Å². The van der Waals surface area contributed by atoms with Gasteiger partial charge in [-0.1, -0.05) is 30.3 Å². The van der Waals surface area contributed by atoms with Crippen molar-refractivity contribution in [2.24, 2.45) is 0 Å². The average molecular weight is 440 g/mol. The number of anilines is 1. The summed E-state index contributed by atoms with van der Waals surface area (Å²) in [6.07, 6.45) is 0.328. The number of carbonyl (C=O) groups is 3. The van der Waals surface area contributed by atoms with E-state index >= 15 is 0 Å². The predicted octanol–water partition coefficient (Wildman–Crippen LogP) is 3.38. The monoisotopic (exact) mass is 439 g/mol. The van der Waals surface area contributed by atoms with Gasteiger partial charge >= 0.3 is 5.97 Å². The second-order valence-electron chi connectivity index (χ2n) is 7.45. The predicted molar refractivity (Wildman–Crippen MR) is 118 cm³/mol. The Morgan fingerprint density at radius 2 is 1.87 bits per heavy atom. The summed E-state index contributed by atoms with van der Waals surface area (Å²) < 4.78 is 5.03. The maximum absolute atomic E-state index is 12.9. The molecule has 31 heavy (non-hydrogen) atoms. The van der Waals surface area contributed by atoms with Crippen molar-refractivity contribution in [3.05, 3.63) is 65.4 Å². The average Bonchev–Trinajstić information content (AvgIpc) is 3.15. The number of carbonyl (C=O) groups excluding carboxylic acids is 3. The molecule has 8 heteroatoms. The fourth-order valence-electron chi connectivity index (χ4n) is 4.28. The number of hydrogen-bond donors (Lipinski definition) is 2. The third kappa shape index (κ3) is 3.77. The lowest BCUT2D eigenvalue weighted by Gasteiger charge is -2.40. The lowest BCUT2D eigenvalue weighted by Crippen LogP contribution is -2.52. The van der Waals surface area contributed by atoms with E-state index in [1.165, 1.54) is 18.9 Å². The van der Waals surface area contributed by atoms with Crippen molar-refractivity contribution >= 4 is 46.0 Å². The van der Waals surface area contributed by atoms with E-state index in [-0.39, 0.29) is 17.7 Å². The van der Waals surface area contributed by atoms with Gasteiger partial charge in [0.2, 0.25) is 11.8 Å². The summed E-state index contributed by atoms with van der Waals surface area (Å²) in [5.41, 5.74) is 4.17. The number of aromatic nitrogens is 1. The van der Waals surface area contributed by atoms with Crippen LogP contribution in [0.2, 0.25) is 0 Å². The molecule has 0 radical (unpaired) electrons. The molecule has 0 fully saturated rings. The van der Waals surface area contributed by atoms with Gasteiger partial charge in [0.1, 0.15) is 11.9 Å². The Labute approximate surface area is 184 Å². The molecule has 2 atom stereocenters. The molecule has 0 saturated carbocycles. The molecule has 0 unspecified atom stereocenters. The SMILES string of the molecule is COC(=O)[C@H]1Cc2c([nH]c3ccccc23)[C@H](c2ccc(NC(C)=O)cc2)N1C(=O)CCl. The lowest BCUT2D eigenvalue weighted by atomic mass is 9.88. The summed E-state index contributed by atoms with van der Waals surface area (Å²) in [6.45, 7) is 1.44. The van der Waals surface area contributed by atoms with E-state index in [4.69, 9.17) is 16.3 Å². The van der Waals surface area contributed by atoms with Crippen LogP contribution in [0.25, 0.3) is 10.9 Å². The van der Waals surface area contributed by atoms with E-state index < -0.39 is 18.1 Å². The first-order chi connectivity index (χ1) is 14.9. The maximum atomic E-state index is 12.9. The van der Waals surface area contributed by atoms with Gasteiger partial charge in [-0.25, -0.2) is 4.79 Å². The third-order valence-electron chi connectivity index (χ3n) is 5.55. The van der Waals surface area contributed by atoms with E-state index in [0.717, 1.165) is 27.7 Å². The van der Waals surface area contributed by atoms with Crippen LogP contribution in [-0.2, 0) is 25.5 Å². The molecule has 160 valence electrons. The van der Waals surface area contributed by atoms with Crippen molar-refractivity contribution in [1.82, 2.24) is 9.88 Å². The summed E-state index contributed by atoms with van der Waals surface area (Å²) in [5.74, 6) is -1.29. The van der Waals surface area contributed by atoms with Crippen molar-refractivity contribution in [1.29, 1.82) is 0 Å². The van der Waals surface area contributed by atoms with E-state index in [1.807, 2.05) is 36.4 Å². The van der Waals surface area contributed by atoms with Crippen molar-refractivity contribution in [2.45, 2.75) is 25.4 Å². The number of nitrogens with one attached hydrogen (secondary N) is 2. The molecule has 1 aliphatic heterocycles. The maximum Gasteiger partial charge on any atom is 0.328 e. The molecule has 2 N–H and O–H groups in total. The highest BCUT2D eigenvalue weighted by Crippen LogP contribution is 2.41. The van der Waals surface area contributed by atoms with Crippen LogP contribution in [0, 0.1) is 0 Å². The van der Waals surface area contributed by atoms with Gasteiger partial charge in [-0.3, -0.25) is 9.59 Å². The minimum Gasteiger partial charge on any atom is -0.467 e. The Bertz CT molecular complexity index is 1160. The number of para-hydroxylation sites is 1. The van der Waals surface area contributed by atoms with Crippen LogP contribution in [0.5, 0.6) is 0 Å². The van der Waals surface area contributed by atoms with E-state index in [0.29, 0.717) is 12.1 Å². The van der Waals surface area contributed by atoms with Crippen molar-refractivity contribution < 1.29 is 19.1 Å². The summed E-state index contributed by atoms with van der Waals surface area (Å²) in [6, 6.07) is 13.7. The summed E-state index contributed by atoms with van der Waals surface area (Å²) in [4.78, 5) is 41.9. The van der Waals surface area contributed by atoms with Gasteiger partial charge in [0.15, 0.2) is 0 Å². The molecule has 3 aromatic rings. The number of methoxy groups -OCH3 is 1. The molecule has 1 aromatic heterocycles. The highest BCUT2D eigenvalue weighted by atomic mass is 35.5. The van der Waals surface area contributed by atoms with Crippen LogP contribution < -0.4 is 5.32 Å². The minimum atomic E-state index is -0.803. The molecule has 2 heterocycles. The van der Waals surface area contributed by atoms with Crippen molar-refractivity contribution in [3.63, 3.8) is 0 Å². The van der Waals surface area contributed by atoms with Crippen LogP contribution in [0.1, 0.15) is 29.8 Å². The van der Waals surface area contributed by atoms with E-state index in [2.05, 4.69) is 10.3 Å². The first-order valence-electron chi connectivity index (χ1n) is 9.86. The van der Waals surface area contributed by atoms with Gasteiger partial charge in [-0.05, 0) is 29.3 Å². The Morgan fingerprint density at radius 1 is 1.16 bits per heavy atom. The highest BCUT2D eigenvalue weighted by Gasteiger charge is 2.43. The number of H-pyrrole nitrogens is 1. The number of benzene rings is 2. The Balaban J connectivity index is 1.90. The van der Waals surface area contributed by atoms with Gasteiger partial charge in [0.05, 0.1) is 13.2 Å². The van der Waals surface area contributed by atoms with Crippen molar-refractivity contribution in [3.8, 4) is 0 Å². The standard InChI is InChI=1S/C23H22ClN3O4/c1-13(28)25-15-9-7-14(8-10-15)22-21-17(16-5-3-4-6-18(16)26-21)11-19(23(30)31-2)27(22)20(29)12-24/h3-10,19,22,26H,11-12H2,1-2H3,(H,25,28)/t19-,22+/m1/s1. The zero-order chi connectivity index (χ0) is 22.1. The Hall–Kier alpha value is -3.32. The minimum absolute atomic E-state index is 0.173. The van der Waals surface area contributed by atoms with Gasteiger partial charge in [-0.2, -0.15) is 0 Å². The number of esters is 1. The summed E-state index contributed by atoms with van der Waals surface area (Å²) in [7, 11) is 1.31. The molecule has 0 bridgehead atoms. The topological polar surface area (TPSA) is 91.5 Å². The fraction of sp³-hybridized carbons (Fsp3) is 0.261. The second kappa shape index (κ2) is 8.43. The molecule has 2 amide bonds. The summed E-state index contributed by atoms with van der Waals surface area (Å²) >= 11 is 5.94. The number of aromatic amines is 1.